The summed E-state index contributed by atoms with van der Waals surface area (Å²) < 4.78 is 11.2. The van der Waals surface area contributed by atoms with E-state index in [2.05, 4.69) is 15.0 Å². The average molecular weight is 458 g/mol. The summed E-state index contributed by atoms with van der Waals surface area (Å²) in [6, 6.07) is 8.06. The highest BCUT2D eigenvalue weighted by Crippen LogP contribution is 2.22. The maximum atomic E-state index is 12.6. The van der Waals surface area contributed by atoms with Crippen LogP contribution in [0.4, 0.5) is 0 Å². The van der Waals surface area contributed by atoms with Gasteiger partial charge in [-0.15, -0.1) is 24.8 Å². The first-order chi connectivity index (χ1) is 13.6. The number of hydrogen-bond donors (Lipinski definition) is 1. The van der Waals surface area contributed by atoms with Crippen molar-refractivity contribution in [1.82, 2.24) is 19.9 Å². The van der Waals surface area contributed by atoms with Crippen LogP contribution in [-0.2, 0) is 16.1 Å². The highest BCUT2D eigenvalue weighted by Gasteiger charge is 2.34. The molecule has 2 aliphatic rings. The zero-order chi connectivity index (χ0) is 19.5. The lowest BCUT2D eigenvalue weighted by molar-refractivity contribution is -0.144. The predicted molar refractivity (Wildman–Crippen MR) is 118 cm³/mol. The van der Waals surface area contributed by atoms with Gasteiger partial charge in [-0.3, -0.25) is 9.69 Å². The first kappa shape index (κ1) is 24.6. The fourth-order valence-corrected chi connectivity index (χ4v) is 3.72. The van der Waals surface area contributed by atoms with Crippen LogP contribution in [0, 0.1) is 6.92 Å². The monoisotopic (exact) mass is 457 g/mol. The number of nitrogens with two attached hydrogens (primary N) is 1. The number of carbonyl (C=O) groups is 1. The molecule has 3 heterocycles. The molecule has 0 aliphatic carbocycles. The van der Waals surface area contributed by atoms with Crippen molar-refractivity contribution in [1.29, 1.82) is 0 Å². The summed E-state index contributed by atoms with van der Waals surface area (Å²) in [5.74, 6) is 1.30. The van der Waals surface area contributed by atoms with E-state index in [9.17, 15) is 4.79 Å². The fourth-order valence-electron chi connectivity index (χ4n) is 3.72. The number of halogens is 2. The summed E-state index contributed by atoms with van der Waals surface area (Å²) in [5, 5.41) is 4.09. The molecule has 0 spiro atoms. The highest BCUT2D eigenvalue weighted by atomic mass is 35.5. The minimum Gasteiger partial charge on any atom is -0.364 e. The van der Waals surface area contributed by atoms with Gasteiger partial charge in [0.15, 0.2) is 0 Å². The van der Waals surface area contributed by atoms with Crippen LogP contribution in [-0.4, -0.2) is 70.8 Å². The number of benzene rings is 1. The Kier molecular flexibility index (Phi) is 9.06. The molecular weight excluding hydrogens is 429 g/mol. The van der Waals surface area contributed by atoms with Crippen LogP contribution in [0.5, 0.6) is 0 Å². The van der Waals surface area contributed by atoms with E-state index in [0.717, 1.165) is 31.5 Å². The number of aryl methyl sites for hydroxylation is 1. The Hall–Kier alpha value is -1.71. The summed E-state index contributed by atoms with van der Waals surface area (Å²) in [6.45, 7) is 6.05. The average Bonchev–Trinajstić information content (AvgIpc) is 3.38. The molecule has 166 valence electrons. The summed E-state index contributed by atoms with van der Waals surface area (Å²) in [5.41, 5.74) is 7.78. The Morgan fingerprint density at radius 3 is 2.47 bits per heavy atom. The van der Waals surface area contributed by atoms with E-state index in [-0.39, 0.29) is 42.9 Å². The summed E-state index contributed by atoms with van der Waals surface area (Å²) in [7, 11) is 0. The fraction of sp³-hybridized carbons (Fsp3) is 0.550. The molecule has 8 nitrogen and oxygen atoms in total. The maximum absolute atomic E-state index is 12.6. The number of amides is 1. The molecule has 2 atom stereocenters. The summed E-state index contributed by atoms with van der Waals surface area (Å²) >= 11 is 0. The van der Waals surface area contributed by atoms with Crippen LogP contribution in [0.15, 0.2) is 28.8 Å². The molecule has 1 aromatic heterocycles. The Bertz CT molecular complexity index is 809. The largest absolute Gasteiger partial charge is 0.364 e. The van der Waals surface area contributed by atoms with Crippen molar-refractivity contribution in [2.24, 2.45) is 5.73 Å². The van der Waals surface area contributed by atoms with Gasteiger partial charge in [0.2, 0.25) is 11.7 Å². The van der Waals surface area contributed by atoms with Gasteiger partial charge >= 0.3 is 0 Å². The number of rotatable bonds is 5. The lowest BCUT2D eigenvalue weighted by Gasteiger charge is -2.35. The van der Waals surface area contributed by atoms with Crippen molar-refractivity contribution < 1.29 is 14.1 Å². The quantitative estimate of drug-likeness (QED) is 0.732. The van der Waals surface area contributed by atoms with E-state index in [1.165, 1.54) is 5.56 Å². The standard InChI is InChI=1S/C20H27N5O3.2ClH/c1-14-2-4-15(5-3-14)19-22-18(28-23-19)13-24-8-10-25(11-9-24)20(26)17-7-6-16(12-21)27-17;;/h2-5,16-17H,6-13,21H2,1H3;2*1H/t16-,17+;;/m1../s1. The minimum absolute atomic E-state index is 0. The summed E-state index contributed by atoms with van der Waals surface area (Å²) in [4.78, 5) is 21.2. The normalized spacial score (nSPS) is 21.7. The second-order valence-corrected chi connectivity index (χ2v) is 7.54. The molecule has 2 fully saturated rings. The van der Waals surface area contributed by atoms with E-state index in [1.807, 2.05) is 36.1 Å². The van der Waals surface area contributed by atoms with E-state index in [0.29, 0.717) is 37.9 Å². The number of aromatic nitrogens is 2. The first-order valence-electron chi connectivity index (χ1n) is 9.88. The Morgan fingerprint density at radius 2 is 1.83 bits per heavy atom. The van der Waals surface area contributed by atoms with Crippen molar-refractivity contribution >= 4 is 30.7 Å². The van der Waals surface area contributed by atoms with Crippen molar-refractivity contribution in [3.8, 4) is 11.4 Å². The zero-order valence-corrected chi connectivity index (χ0v) is 18.7. The predicted octanol–water partition coefficient (Wildman–Crippen LogP) is 2.04. The SMILES string of the molecule is Cc1ccc(-c2noc(CN3CCN(C(=O)[C@@H]4CC[C@H](CN)O4)CC3)n2)cc1.Cl.Cl. The third-order valence-electron chi connectivity index (χ3n) is 5.47. The third-order valence-corrected chi connectivity index (χ3v) is 5.47. The van der Waals surface area contributed by atoms with Gasteiger partial charge in [0.1, 0.15) is 6.10 Å². The van der Waals surface area contributed by atoms with Gasteiger partial charge in [0.25, 0.3) is 5.91 Å². The number of piperazine rings is 1. The Balaban J connectivity index is 0.00000160. The Labute approximate surface area is 188 Å². The van der Waals surface area contributed by atoms with E-state index in [1.54, 1.807) is 0 Å². The smallest absolute Gasteiger partial charge is 0.251 e. The highest BCUT2D eigenvalue weighted by molar-refractivity contribution is 5.85. The topological polar surface area (TPSA) is 97.7 Å². The molecule has 1 aromatic carbocycles. The maximum Gasteiger partial charge on any atom is 0.251 e. The second kappa shape index (κ2) is 11.1. The lowest BCUT2D eigenvalue weighted by Crippen LogP contribution is -2.51. The third kappa shape index (κ3) is 5.70. The van der Waals surface area contributed by atoms with Crippen LogP contribution in [0.1, 0.15) is 24.3 Å². The molecular formula is C20H29Cl2N5O3. The first-order valence-corrected chi connectivity index (χ1v) is 9.88. The molecule has 10 heteroatoms. The van der Waals surface area contributed by atoms with E-state index in [4.69, 9.17) is 15.0 Å². The molecule has 0 bridgehead atoms. The van der Waals surface area contributed by atoms with Gasteiger partial charge in [-0.25, -0.2) is 0 Å². The van der Waals surface area contributed by atoms with Crippen LogP contribution in [0.2, 0.25) is 0 Å². The molecule has 2 aromatic rings. The molecule has 2 aliphatic heterocycles. The number of carbonyl (C=O) groups excluding carboxylic acids is 1. The van der Waals surface area contributed by atoms with Crippen LogP contribution < -0.4 is 5.73 Å². The lowest BCUT2D eigenvalue weighted by atomic mass is 10.1. The van der Waals surface area contributed by atoms with Gasteiger partial charge in [0.05, 0.1) is 12.6 Å². The minimum atomic E-state index is -0.326. The Morgan fingerprint density at radius 1 is 1.13 bits per heavy atom. The van der Waals surface area contributed by atoms with Gasteiger partial charge in [-0.05, 0) is 19.8 Å². The van der Waals surface area contributed by atoms with Gasteiger partial charge in [-0.1, -0.05) is 35.0 Å². The van der Waals surface area contributed by atoms with E-state index >= 15 is 0 Å². The van der Waals surface area contributed by atoms with Gasteiger partial charge < -0.3 is 19.9 Å². The molecule has 1 amide bonds. The molecule has 2 N–H and O–H groups in total. The van der Waals surface area contributed by atoms with Gasteiger partial charge in [0, 0.05) is 38.3 Å². The van der Waals surface area contributed by atoms with Crippen LogP contribution >= 0.6 is 24.8 Å². The molecule has 0 radical (unpaired) electrons. The van der Waals surface area contributed by atoms with Crippen LogP contribution in [0.25, 0.3) is 11.4 Å². The van der Waals surface area contributed by atoms with Gasteiger partial charge in [-0.2, -0.15) is 4.98 Å². The van der Waals surface area contributed by atoms with Crippen molar-refractivity contribution in [2.75, 3.05) is 32.7 Å². The molecule has 2 saturated heterocycles. The molecule has 30 heavy (non-hydrogen) atoms. The van der Waals surface area contributed by atoms with Crippen molar-refractivity contribution in [3.63, 3.8) is 0 Å². The zero-order valence-electron chi connectivity index (χ0n) is 17.0. The van der Waals surface area contributed by atoms with Crippen molar-refractivity contribution in [3.05, 3.63) is 35.7 Å². The van der Waals surface area contributed by atoms with E-state index < -0.39 is 0 Å². The number of ether oxygens (including phenoxy) is 1. The molecule has 0 saturated carbocycles. The van der Waals surface area contributed by atoms with Crippen molar-refractivity contribution in [2.45, 2.75) is 38.5 Å². The molecule has 4 rings (SSSR count). The number of nitrogens with zero attached hydrogens (tertiary/aromatic N) is 4. The molecule has 0 unspecified atom stereocenters. The summed E-state index contributed by atoms with van der Waals surface area (Å²) in [6.07, 6.45) is 1.33. The second-order valence-electron chi connectivity index (χ2n) is 7.54. The number of hydrogen-bond acceptors (Lipinski definition) is 7. The van der Waals surface area contributed by atoms with Crippen LogP contribution in [0.3, 0.4) is 0 Å².